The zero-order valence-corrected chi connectivity index (χ0v) is 11.9. The molecule has 2 rings (SSSR count). The fourth-order valence-electron chi connectivity index (χ4n) is 2.35. The lowest BCUT2D eigenvalue weighted by Crippen LogP contribution is -2.02. The van der Waals surface area contributed by atoms with Crippen molar-refractivity contribution in [3.05, 3.63) is 36.0 Å². The quantitative estimate of drug-likeness (QED) is 0.798. The average Bonchev–Trinajstić information content (AvgIpc) is 2.80. The van der Waals surface area contributed by atoms with E-state index in [0.29, 0.717) is 5.95 Å². The Balaban J connectivity index is 2.23. The number of benzene rings is 1. The summed E-state index contributed by atoms with van der Waals surface area (Å²) < 4.78 is 2.07. The maximum Gasteiger partial charge on any atom is 0.200 e. The predicted molar refractivity (Wildman–Crippen MR) is 81.0 cm³/mol. The number of hydrogen-bond acceptors (Lipinski definition) is 2. The number of aryl methyl sites for hydroxylation is 2. The summed E-state index contributed by atoms with van der Waals surface area (Å²) >= 11 is 0. The summed E-state index contributed by atoms with van der Waals surface area (Å²) in [5.74, 6) is 0.622. The number of hydrogen-bond donors (Lipinski definition) is 1. The third kappa shape index (κ3) is 3.16. The van der Waals surface area contributed by atoms with Gasteiger partial charge in [0, 0.05) is 18.3 Å². The van der Waals surface area contributed by atoms with E-state index in [2.05, 4.69) is 53.9 Å². The molecule has 0 spiro atoms. The fourth-order valence-corrected chi connectivity index (χ4v) is 2.35. The first kappa shape index (κ1) is 13.7. The van der Waals surface area contributed by atoms with Crippen LogP contribution in [-0.2, 0) is 13.0 Å². The summed E-state index contributed by atoms with van der Waals surface area (Å²) in [6, 6.07) is 8.41. The zero-order valence-electron chi connectivity index (χ0n) is 11.9. The van der Waals surface area contributed by atoms with Gasteiger partial charge in [-0.2, -0.15) is 0 Å². The molecule has 0 amide bonds. The summed E-state index contributed by atoms with van der Waals surface area (Å²) in [6.07, 6.45) is 6.71. The van der Waals surface area contributed by atoms with Gasteiger partial charge in [0.2, 0.25) is 5.95 Å². The van der Waals surface area contributed by atoms with Crippen LogP contribution in [0, 0.1) is 0 Å². The lowest BCUT2D eigenvalue weighted by Gasteiger charge is -2.04. The molecule has 0 unspecified atom stereocenters. The van der Waals surface area contributed by atoms with E-state index in [1.54, 1.807) is 0 Å². The third-order valence-electron chi connectivity index (χ3n) is 3.48. The van der Waals surface area contributed by atoms with Gasteiger partial charge >= 0.3 is 0 Å². The van der Waals surface area contributed by atoms with E-state index in [4.69, 9.17) is 5.73 Å². The van der Waals surface area contributed by atoms with E-state index < -0.39 is 0 Å². The number of nitrogen functional groups attached to an aromatic ring is 1. The normalized spacial score (nSPS) is 10.8. The molecular formula is C16H23N3. The minimum Gasteiger partial charge on any atom is -0.369 e. The molecule has 0 bridgehead atoms. The Morgan fingerprint density at radius 1 is 1.16 bits per heavy atom. The van der Waals surface area contributed by atoms with Crippen LogP contribution in [0.25, 0.3) is 11.3 Å². The summed E-state index contributed by atoms with van der Waals surface area (Å²) in [7, 11) is 0. The van der Waals surface area contributed by atoms with Crippen molar-refractivity contribution in [2.75, 3.05) is 5.73 Å². The molecule has 0 saturated heterocycles. The summed E-state index contributed by atoms with van der Waals surface area (Å²) in [6.45, 7) is 5.33. The fraction of sp³-hybridized carbons (Fsp3) is 0.438. The summed E-state index contributed by atoms with van der Waals surface area (Å²) in [5.41, 5.74) is 9.52. The van der Waals surface area contributed by atoms with E-state index in [1.807, 2.05) is 0 Å². The molecular weight excluding hydrogens is 234 g/mol. The Labute approximate surface area is 115 Å². The minimum atomic E-state index is 0.622. The molecule has 0 aliphatic carbocycles. The van der Waals surface area contributed by atoms with Crippen LogP contribution in [0.3, 0.4) is 0 Å². The molecule has 19 heavy (non-hydrogen) atoms. The number of unbranched alkanes of at least 4 members (excludes halogenated alkanes) is 2. The van der Waals surface area contributed by atoms with Gasteiger partial charge in [-0.15, -0.1) is 0 Å². The second-order valence-corrected chi connectivity index (χ2v) is 4.90. The minimum absolute atomic E-state index is 0.622. The third-order valence-corrected chi connectivity index (χ3v) is 3.48. The number of imidazole rings is 1. The van der Waals surface area contributed by atoms with Crippen LogP contribution >= 0.6 is 0 Å². The maximum atomic E-state index is 6.00. The molecule has 2 aromatic rings. The number of nitrogens with two attached hydrogens (primary N) is 1. The van der Waals surface area contributed by atoms with Gasteiger partial charge < -0.3 is 10.3 Å². The predicted octanol–water partition coefficient (Wildman–Crippen LogP) is 3.88. The first-order chi connectivity index (χ1) is 9.26. The number of nitrogens with zero attached hydrogens (tertiary/aromatic N) is 2. The van der Waals surface area contributed by atoms with Crippen molar-refractivity contribution in [3.63, 3.8) is 0 Å². The van der Waals surface area contributed by atoms with E-state index in [1.165, 1.54) is 24.0 Å². The van der Waals surface area contributed by atoms with Crippen LogP contribution in [-0.4, -0.2) is 9.55 Å². The molecule has 3 heteroatoms. The van der Waals surface area contributed by atoms with Crippen molar-refractivity contribution in [2.45, 2.75) is 46.1 Å². The number of rotatable bonds is 6. The smallest absolute Gasteiger partial charge is 0.200 e. The molecule has 0 radical (unpaired) electrons. The molecule has 3 nitrogen and oxygen atoms in total. The van der Waals surface area contributed by atoms with Crippen molar-refractivity contribution in [1.82, 2.24) is 9.55 Å². The summed E-state index contributed by atoms with van der Waals surface area (Å²) in [4.78, 5) is 4.51. The second-order valence-electron chi connectivity index (χ2n) is 4.90. The highest BCUT2D eigenvalue weighted by Gasteiger charge is 2.09. The van der Waals surface area contributed by atoms with Crippen molar-refractivity contribution in [2.24, 2.45) is 0 Å². The van der Waals surface area contributed by atoms with Crippen molar-refractivity contribution < 1.29 is 0 Å². The molecule has 1 heterocycles. The van der Waals surface area contributed by atoms with Crippen LogP contribution in [0.5, 0.6) is 0 Å². The lowest BCUT2D eigenvalue weighted by molar-refractivity contribution is 0.608. The molecule has 0 aliphatic heterocycles. The van der Waals surface area contributed by atoms with Crippen LogP contribution in [0.15, 0.2) is 30.5 Å². The van der Waals surface area contributed by atoms with Gasteiger partial charge in [0.15, 0.2) is 0 Å². The average molecular weight is 257 g/mol. The van der Waals surface area contributed by atoms with Crippen LogP contribution < -0.4 is 5.73 Å². The van der Waals surface area contributed by atoms with Crippen LogP contribution in [0.4, 0.5) is 5.95 Å². The van der Waals surface area contributed by atoms with E-state index in [-0.39, 0.29) is 0 Å². The Bertz CT molecular complexity index is 529. The number of aromatic nitrogens is 2. The second kappa shape index (κ2) is 6.41. The Morgan fingerprint density at radius 3 is 2.68 bits per heavy atom. The molecule has 1 aromatic carbocycles. The van der Waals surface area contributed by atoms with Crippen LogP contribution in [0.1, 0.15) is 38.7 Å². The van der Waals surface area contributed by atoms with Crippen molar-refractivity contribution in [3.8, 4) is 11.3 Å². The topological polar surface area (TPSA) is 43.8 Å². The van der Waals surface area contributed by atoms with E-state index >= 15 is 0 Å². The van der Waals surface area contributed by atoms with E-state index in [0.717, 1.165) is 25.1 Å². The Morgan fingerprint density at radius 2 is 1.95 bits per heavy atom. The molecule has 0 atom stereocenters. The highest BCUT2D eigenvalue weighted by Crippen LogP contribution is 2.24. The SMILES string of the molecule is CCCCCn1cc(-c2ccccc2CC)nc1N. The zero-order chi connectivity index (χ0) is 13.7. The Hall–Kier alpha value is -1.77. The van der Waals surface area contributed by atoms with Crippen LogP contribution in [0.2, 0.25) is 0 Å². The first-order valence-corrected chi connectivity index (χ1v) is 7.17. The molecule has 0 aliphatic rings. The lowest BCUT2D eigenvalue weighted by atomic mass is 10.0. The molecule has 0 fully saturated rings. The Kier molecular flexibility index (Phi) is 4.61. The van der Waals surface area contributed by atoms with Gasteiger partial charge in [0.05, 0.1) is 5.69 Å². The highest BCUT2D eigenvalue weighted by atomic mass is 15.1. The maximum absolute atomic E-state index is 6.00. The molecule has 1 aromatic heterocycles. The highest BCUT2D eigenvalue weighted by molar-refractivity contribution is 5.64. The standard InChI is InChI=1S/C16H23N3/c1-3-5-8-11-19-12-15(18-16(19)17)14-10-7-6-9-13(14)4-2/h6-7,9-10,12H,3-5,8,11H2,1-2H3,(H2,17,18). The van der Waals surface area contributed by atoms with E-state index in [9.17, 15) is 0 Å². The van der Waals surface area contributed by atoms with Gasteiger partial charge in [-0.25, -0.2) is 4.98 Å². The van der Waals surface area contributed by atoms with Crippen molar-refractivity contribution in [1.29, 1.82) is 0 Å². The van der Waals surface area contributed by atoms with Gasteiger partial charge in [-0.3, -0.25) is 0 Å². The van der Waals surface area contributed by atoms with Gasteiger partial charge in [-0.05, 0) is 18.4 Å². The van der Waals surface area contributed by atoms with Gasteiger partial charge in [0.1, 0.15) is 0 Å². The monoisotopic (exact) mass is 257 g/mol. The molecule has 102 valence electrons. The number of anilines is 1. The van der Waals surface area contributed by atoms with Crippen molar-refractivity contribution >= 4 is 5.95 Å². The molecule has 0 saturated carbocycles. The van der Waals surface area contributed by atoms with Gasteiger partial charge in [0.25, 0.3) is 0 Å². The first-order valence-electron chi connectivity index (χ1n) is 7.17. The molecule has 2 N–H and O–H groups in total. The summed E-state index contributed by atoms with van der Waals surface area (Å²) in [5, 5.41) is 0. The van der Waals surface area contributed by atoms with Gasteiger partial charge in [-0.1, -0.05) is 51.0 Å². The largest absolute Gasteiger partial charge is 0.369 e.